The smallest absolute Gasteiger partial charge is 0.306 e. The second-order valence-corrected chi connectivity index (χ2v) is 18.8. The van der Waals surface area contributed by atoms with Crippen molar-refractivity contribution in [1.29, 1.82) is 0 Å². The van der Waals surface area contributed by atoms with Crippen LogP contribution >= 0.6 is 0 Å². The Morgan fingerprint density at radius 3 is 0.926 bits per heavy atom. The van der Waals surface area contributed by atoms with Crippen molar-refractivity contribution in [3.63, 3.8) is 0 Å². The van der Waals surface area contributed by atoms with Gasteiger partial charge in [-0.05, 0) is 96.3 Å². The number of rotatable bonds is 51. The number of esters is 3. The molecule has 0 aliphatic rings. The van der Waals surface area contributed by atoms with Crippen LogP contribution in [0.2, 0.25) is 0 Å². The molecule has 390 valence electrons. The minimum atomic E-state index is -0.783. The number of ether oxygens (including phenoxy) is 3. The predicted molar refractivity (Wildman–Crippen MR) is 293 cm³/mol. The third-order valence-electron chi connectivity index (χ3n) is 12.1. The summed E-state index contributed by atoms with van der Waals surface area (Å²) in [4.78, 5) is 38.0. The summed E-state index contributed by atoms with van der Waals surface area (Å²) < 4.78 is 16.8. The zero-order valence-electron chi connectivity index (χ0n) is 44.6. The molecule has 0 fully saturated rings. The van der Waals surface area contributed by atoms with Crippen LogP contribution in [0.15, 0.2) is 85.1 Å². The molecule has 0 saturated heterocycles. The van der Waals surface area contributed by atoms with Crippen molar-refractivity contribution in [1.82, 2.24) is 0 Å². The highest BCUT2D eigenvalue weighted by molar-refractivity contribution is 5.71. The molecule has 0 aromatic rings. The molecule has 0 N–H and O–H groups in total. The first-order chi connectivity index (χ1) is 33.5. The van der Waals surface area contributed by atoms with E-state index in [9.17, 15) is 14.4 Å². The van der Waals surface area contributed by atoms with E-state index in [1.54, 1.807) is 0 Å². The first kappa shape index (κ1) is 64.6. The second-order valence-electron chi connectivity index (χ2n) is 18.8. The molecular weight excluding hydrogens is 841 g/mol. The van der Waals surface area contributed by atoms with E-state index in [-0.39, 0.29) is 31.1 Å². The second kappa shape index (κ2) is 56.2. The first-order valence-electron chi connectivity index (χ1n) is 28.6. The van der Waals surface area contributed by atoms with Crippen molar-refractivity contribution in [2.45, 2.75) is 277 Å². The van der Waals surface area contributed by atoms with Gasteiger partial charge in [0.1, 0.15) is 13.2 Å². The SMILES string of the molecule is CC/C=C\C/C=C\C/C=C\C/C=C\CCCCCCCCCCCCC(=O)OCC(COC(=O)CCCCCCCCCC)OC(=O)CCCCCCCC/C=C\C/C=C\C/C=C\CCCCC. The van der Waals surface area contributed by atoms with Crippen LogP contribution in [0.25, 0.3) is 0 Å². The zero-order valence-corrected chi connectivity index (χ0v) is 44.6. The highest BCUT2D eigenvalue weighted by Gasteiger charge is 2.19. The summed E-state index contributed by atoms with van der Waals surface area (Å²) in [6, 6.07) is 0. The quantitative estimate of drug-likeness (QED) is 0.0262. The standard InChI is InChI=1S/C62H106O6/c1-4-7-10-13-16-19-21-23-25-27-29-30-31-32-34-35-37-39-41-43-46-49-52-55-61(64)67-58-59(57-66-60(63)54-51-48-45-18-15-12-9-6-3)68-62(65)56-53-50-47-44-42-40-38-36-33-28-26-24-22-20-17-14-11-8-5-2/h7,10,16-17,19-20,23-26,29-30,33,36,59H,4-6,8-9,11-15,18,21-22,27-28,31-32,34-35,37-58H2,1-3H3/b10-7-,19-16-,20-17-,25-23-,26-24-,30-29-,36-33-. The third kappa shape index (κ3) is 53.5. The summed E-state index contributed by atoms with van der Waals surface area (Å²) in [6.07, 6.45) is 73.0. The molecule has 0 aromatic carbocycles. The maximum Gasteiger partial charge on any atom is 0.306 e. The number of carbonyl (C=O) groups excluding carboxylic acids is 3. The lowest BCUT2D eigenvalue weighted by molar-refractivity contribution is -0.167. The molecule has 6 nitrogen and oxygen atoms in total. The molecule has 0 rings (SSSR count). The fourth-order valence-corrected chi connectivity index (χ4v) is 7.85. The lowest BCUT2D eigenvalue weighted by Crippen LogP contribution is -2.30. The van der Waals surface area contributed by atoms with Crippen LogP contribution in [0, 0.1) is 0 Å². The minimum Gasteiger partial charge on any atom is -0.462 e. The number of unbranched alkanes of at least 4 members (excludes halogenated alkanes) is 26. The van der Waals surface area contributed by atoms with Gasteiger partial charge in [0.25, 0.3) is 0 Å². The van der Waals surface area contributed by atoms with E-state index in [4.69, 9.17) is 14.2 Å². The van der Waals surface area contributed by atoms with Gasteiger partial charge in [-0.1, -0.05) is 241 Å². The molecule has 0 aliphatic carbocycles. The monoisotopic (exact) mass is 947 g/mol. The molecule has 1 atom stereocenters. The maximum atomic E-state index is 12.8. The summed E-state index contributed by atoms with van der Waals surface area (Å²) in [6.45, 7) is 6.47. The van der Waals surface area contributed by atoms with Crippen molar-refractivity contribution < 1.29 is 28.6 Å². The number of allylic oxidation sites excluding steroid dienone is 14. The Labute approximate surface area is 420 Å². The van der Waals surface area contributed by atoms with Crippen LogP contribution in [-0.4, -0.2) is 37.2 Å². The lowest BCUT2D eigenvalue weighted by Gasteiger charge is -2.18. The largest absolute Gasteiger partial charge is 0.462 e. The topological polar surface area (TPSA) is 78.9 Å². The Morgan fingerprint density at radius 1 is 0.309 bits per heavy atom. The molecule has 68 heavy (non-hydrogen) atoms. The van der Waals surface area contributed by atoms with Gasteiger partial charge in [0.2, 0.25) is 0 Å². The Hall–Kier alpha value is -3.41. The summed E-state index contributed by atoms with van der Waals surface area (Å²) in [7, 11) is 0. The van der Waals surface area contributed by atoms with E-state index in [1.807, 2.05) is 0 Å². The summed E-state index contributed by atoms with van der Waals surface area (Å²) in [5.74, 6) is -0.899. The van der Waals surface area contributed by atoms with E-state index >= 15 is 0 Å². The summed E-state index contributed by atoms with van der Waals surface area (Å²) in [5, 5.41) is 0. The van der Waals surface area contributed by atoms with Crippen LogP contribution < -0.4 is 0 Å². The molecule has 0 spiro atoms. The van der Waals surface area contributed by atoms with E-state index in [2.05, 4.69) is 106 Å². The normalized spacial score (nSPS) is 12.7. The molecule has 1 unspecified atom stereocenters. The van der Waals surface area contributed by atoms with E-state index in [1.165, 1.54) is 122 Å². The Morgan fingerprint density at radius 2 is 0.574 bits per heavy atom. The Bertz CT molecular complexity index is 1320. The Kier molecular flexibility index (Phi) is 53.4. The molecule has 0 bridgehead atoms. The van der Waals surface area contributed by atoms with Crippen LogP contribution in [0.4, 0.5) is 0 Å². The third-order valence-corrected chi connectivity index (χ3v) is 12.1. The molecule has 0 heterocycles. The van der Waals surface area contributed by atoms with Gasteiger partial charge in [-0.2, -0.15) is 0 Å². The fraction of sp³-hybridized carbons (Fsp3) is 0.726. The van der Waals surface area contributed by atoms with E-state index < -0.39 is 6.10 Å². The molecule has 6 heteroatoms. The van der Waals surface area contributed by atoms with Gasteiger partial charge in [-0.15, -0.1) is 0 Å². The van der Waals surface area contributed by atoms with Crippen LogP contribution in [0.5, 0.6) is 0 Å². The van der Waals surface area contributed by atoms with Gasteiger partial charge < -0.3 is 14.2 Å². The van der Waals surface area contributed by atoms with Crippen molar-refractivity contribution >= 4 is 17.9 Å². The maximum absolute atomic E-state index is 12.8. The molecule has 0 aliphatic heterocycles. The summed E-state index contributed by atoms with van der Waals surface area (Å²) in [5.41, 5.74) is 0. The van der Waals surface area contributed by atoms with Gasteiger partial charge >= 0.3 is 17.9 Å². The van der Waals surface area contributed by atoms with Gasteiger partial charge in [0.05, 0.1) is 0 Å². The minimum absolute atomic E-state index is 0.0819. The first-order valence-corrected chi connectivity index (χ1v) is 28.6. The predicted octanol–water partition coefficient (Wildman–Crippen LogP) is 19.2. The number of hydrogen-bond acceptors (Lipinski definition) is 6. The van der Waals surface area contributed by atoms with Crippen LogP contribution in [0.3, 0.4) is 0 Å². The molecule has 0 radical (unpaired) electrons. The van der Waals surface area contributed by atoms with Crippen molar-refractivity contribution in [3.8, 4) is 0 Å². The van der Waals surface area contributed by atoms with Crippen molar-refractivity contribution in [3.05, 3.63) is 85.1 Å². The average molecular weight is 948 g/mol. The van der Waals surface area contributed by atoms with E-state index in [0.29, 0.717) is 19.3 Å². The molecular formula is C62H106O6. The van der Waals surface area contributed by atoms with Gasteiger partial charge in [-0.3, -0.25) is 14.4 Å². The zero-order chi connectivity index (χ0) is 49.3. The highest BCUT2D eigenvalue weighted by Crippen LogP contribution is 2.15. The highest BCUT2D eigenvalue weighted by atomic mass is 16.6. The van der Waals surface area contributed by atoms with Crippen molar-refractivity contribution in [2.75, 3.05) is 13.2 Å². The lowest BCUT2D eigenvalue weighted by atomic mass is 10.1. The summed E-state index contributed by atoms with van der Waals surface area (Å²) >= 11 is 0. The van der Waals surface area contributed by atoms with Crippen LogP contribution in [-0.2, 0) is 28.6 Å². The molecule has 0 aromatic heterocycles. The molecule has 0 amide bonds. The fourth-order valence-electron chi connectivity index (χ4n) is 7.85. The van der Waals surface area contributed by atoms with Crippen LogP contribution in [0.1, 0.15) is 271 Å². The number of carbonyl (C=O) groups is 3. The Balaban J connectivity index is 4.26. The van der Waals surface area contributed by atoms with Crippen molar-refractivity contribution in [2.24, 2.45) is 0 Å². The van der Waals surface area contributed by atoms with Gasteiger partial charge in [-0.25, -0.2) is 0 Å². The molecule has 0 saturated carbocycles. The van der Waals surface area contributed by atoms with Gasteiger partial charge in [0, 0.05) is 19.3 Å². The van der Waals surface area contributed by atoms with E-state index in [0.717, 1.165) is 109 Å². The number of hydrogen-bond donors (Lipinski definition) is 0. The van der Waals surface area contributed by atoms with Gasteiger partial charge in [0.15, 0.2) is 6.10 Å². The average Bonchev–Trinajstić information content (AvgIpc) is 3.34.